The molecule has 1 unspecified atom stereocenters. The van der Waals surface area contributed by atoms with Gasteiger partial charge in [0.2, 0.25) is 5.91 Å². The summed E-state index contributed by atoms with van der Waals surface area (Å²) in [4.78, 5) is 14.3. The lowest BCUT2D eigenvalue weighted by Gasteiger charge is -2.28. The van der Waals surface area contributed by atoms with Crippen molar-refractivity contribution < 1.29 is 14.6 Å². The molecule has 1 aliphatic carbocycles. The molecule has 4 nitrogen and oxygen atoms in total. The Labute approximate surface area is 138 Å². The van der Waals surface area contributed by atoms with Gasteiger partial charge in [-0.1, -0.05) is 49.6 Å². The number of amides is 1. The van der Waals surface area contributed by atoms with Gasteiger partial charge in [-0.2, -0.15) is 0 Å². The Morgan fingerprint density at radius 1 is 1.22 bits per heavy atom. The molecule has 3 rings (SSSR count). The third-order valence-electron chi connectivity index (χ3n) is 5.39. The molecule has 1 N–H and O–H groups in total. The minimum atomic E-state index is -0.318. The molecule has 1 amide bonds. The van der Waals surface area contributed by atoms with E-state index < -0.39 is 0 Å². The van der Waals surface area contributed by atoms with Crippen LogP contribution in [-0.2, 0) is 14.9 Å². The number of hydrogen-bond donors (Lipinski definition) is 1. The molecule has 2 aliphatic rings. The van der Waals surface area contributed by atoms with E-state index in [-0.39, 0.29) is 30.6 Å². The zero-order valence-corrected chi connectivity index (χ0v) is 13.7. The molecule has 126 valence electrons. The van der Waals surface area contributed by atoms with Gasteiger partial charge >= 0.3 is 0 Å². The maximum Gasteiger partial charge on any atom is 0.248 e. The highest BCUT2D eigenvalue weighted by molar-refractivity contribution is 5.78. The van der Waals surface area contributed by atoms with E-state index in [9.17, 15) is 9.90 Å². The first-order valence-electron chi connectivity index (χ1n) is 8.79. The number of carbonyl (C=O) groups is 1. The molecule has 23 heavy (non-hydrogen) atoms. The van der Waals surface area contributed by atoms with Gasteiger partial charge in [0.25, 0.3) is 0 Å². The van der Waals surface area contributed by atoms with E-state index in [0.29, 0.717) is 13.1 Å². The number of nitrogens with zero attached hydrogens (tertiary/aromatic N) is 1. The minimum Gasteiger partial charge on any atom is -0.395 e. The van der Waals surface area contributed by atoms with E-state index >= 15 is 0 Å². The van der Waals surface area contributed by atoms with Crippen LogP contribution < -0.4 is 0 Å². The number of likely N-dealkylation sites (tertiary alicyclic amines) is 1. The molecule has 0 aromatic heterocycles. The molecule has 1 aromatic rings. The highest BCUT2D eigenvalue weighted by atomic mass is 16.5. The first kappa shape index (κ1) is 16.5. The van der Waals surface area contributed by atoms with Gasteiger partial charge in [-0.3, -0.25) is 4.79 Å². The third kappa shape index (κ3) is 3.75. The molecule has 1 saturated heterocycles. The van der Waals surface area contributed by atoms with Gasteiger partial charge in [0.1, 0.15) is 6.61 Å². The van der Waals surface area contributed by atoms with Gasteiger partial charge in [0, 0.05) is 18.5 Å². The highest BCUT2D eigenvalue weighted by Crippen LogP contribution is 2.34. The minimum absolute atomic E-state index is 0.0572. The maximum absolute atomic E-state index is 12.4. The predicted molar refractivity (Wildman–Crippen MR) is 89.2 cm³/mol. The van der Waals surface area contributed by atoms with Crippen molar-refractivity contribution in [1.82, 2.24) is 4.90 Å². The number of hydrogen-bond acceptors (Lipinski definition) is 3. The lowest BCUT2D eigenvalue weighted by molar-refractivity contribution is -0.138. The Bertz CT molecular complexity index is 513. The summed E-state index contributed by atoms with van der Waals surface area (Å²) >= 11 is 0. The quantitative estimate of drug-likeness (QED) is 0.908. The first-order chi connectivity index (χ1) is 11.2. The molecule has 1 atom stereocenters. The van der Waals surface area contributed by atoms with E-state index in [1.165, 1.54) is 19.3 Å². The smallest absolute Gasteiger partial charge is 0.248 e. The van der Waals surface area contributed by atoms with Gasteiger partial charge in [-0.25, -0.2) is 0 Å². The van der Waals surface area contributed by atoms with Crippen molar-refractivity contribution in [1.29, 1.82) is 0 Å². The number of rotatable bonds is 5. The summed E-state index contributed by atoms with van der Waals surface area (Å²) in [5.41, 5.74) is 0.799. The summed E-state index contributed by atoms with van der Waals surface area (Å²) in [5.74, 6) is 0.0572. The average molecular weight is 317 g/mol. The topological polar surface area (TPSA) is 49.8 Å². The molecule has 0 bridgehead atoms. The van der Waals surface area contributed by atoms with Crippen molar-refractivity contribution in [3.63, 3.8) is 0 Å². The summed E-state index contributed by atoms with van der Waals surface area (Å²) in [5, 5.41) is 9.93. The average Bonchev–Trinajstić information content (AvgIpc) is 3.07. The van der Waals surface area contributed by atoms with Crippen LogP contribution >= 0.6 is 0 Å². The Kier molecular flexibility index (Phi) is 5.34. The number of aliphatic hydroxyl groups is 1. The normalized spacial score (nSPS) is 25.7. The second-order valence-corrected chi connectivity index (χ2v) is 6.94. The van der Waals surface area contributed by atoms with Crippen LogP contribution in [0.15, 0.2) is 30.3 Å². The summed E-state index contributed by atoms with van der Waals surface area (Å²) in [7, 11) is 0. The Hall–Kier alpha value is -1.39. The van der Waals surface area contributed by atoms with Crippen LogP contribution in [0.2, 0.25) is 0 Å². The number of aliphatic hydroxyl groups excluding tert-OH is 1. The molecular weight excluding hydrogens is 290 g/mol. The van der Waals surface area contributed by atoms with Crippen molar-refractivity contribution >= 4 is 5.91 Å². The molecule has 4 heteroatoms. The Balaban J connectivity index is 1.56. The predicted octanol–water partition coefficient (Wildman–Crippen LogP) is 2.50. The monoisotopic (exact) mass is 317 g/mol. The Morgan fingerprint density at radius 2 is 1.96 bits per heavy atom. The van der Waals surface area contributed by atoms with Crippen LogP contribution in [0.5, 0.6) is 0 Å². The lowest BCUT2D eigenvalue weighted by Crippen LogP contribution is -2.39. The van der Waals surface area contributed by atoms with Crippen LogP contribution in [0.25, 0.3) is 0 Å². The van der Waals surface area contributed by atoms with Gasteiger partial charge < -0.3 is 14.7 Å². The zero-order valence-electron chi connectivity index (χ0n) is 13.7. The van der Waals surface area contributed by atoms with Gasteiger partial charge in [0.05, 0.1) is 12.7 Å². The fraction of sp³-hybridized carbons (Fsp3) is 0.632. The summed E-state index contributed by atoms with van der Waals surface area (Å²) in [6.07, 6.45) is 6.94. The molecular formula is C19H27NO3. The van der Waals surface area contributed by atoms with Gasteiger partial charge in [-0.15, -0.1) is 0 Å². The first-order valence-corrected chi connectivity index (χ1v) is 8.79. The lowest BCUT2D eigenvalue weighted by atomic mass is 9.80. The molecule has 1 heterocycles. The van der Waals surface area contributed by atoms with E-state index in [2.05, 4.69) is 0 Å². The molecule has 0 spiro atoms. The van der Waals surface area contributed by atoms with Gasteiger partial charge in [0.15, 0.2) is 0 Å². The molecule has 2 fully saturated rings. The van der Waals surface area contributed by atoms with Crippen LogP contribution in [-0.4, -0.2) is 48.3 Å². The second kappa shape index (κ2) is 7.45. The van der Waals surface area contributed by atoms with Crippen LogP contribution in [0.1, 0.15) is 44.1 Å². The third-order valence-corrected chi connectivity index (χ3v) is 5.39. The van der Waals surface area contributed by atoms with Crippen molar-refractivity contribution in [3.8, 4) is 0 Å². The molecule has 0 radical (unpaired) electrons. The summed E-state index contributed by atoms with van der Waals surface area (Å²) < 4.78 is 5.81. The standard InChI is InChI=1S/C19H27NO3/c21-15-19(16-7-3-1-4-8-16)11-12-20(14-19)18(22)13-23-17-9-5-2-6-10-17/h1,3-4,7-8,17,21H,2,5-6,9-15H2. The second-order valence-electron chi connectivity index (χ2n) is 6.94. The summed E-state index contributed by atoms with van der Waals surface area (Å²) in [6, 6.07) is 10.0. The highest BCUT2D eigenvalue weighted by Gasteiger charge is 2.40. The van der Waals surface area contributed by atoms with E-state index in [4.69, 9.17) is 4.74 Å². The van der Waals surface area contributed by atoms with Crippen molar-refractivity contribution in [2.75, 3.05) is 26.3 Å². The van der Waals surface area contributed by atoms with Gasteiger partial charge in [-0.05, 0) is 24.8 Å². The maximum atomic E-state index is 12.4. The van der Waals surface area contributed by atoms with E-state index in [0.717, 1.165) is 24.8 Å². The Morgan fingerprint density at radius 3 is 2.65 bits per heavy atom. The molecule has 1 saturated carbocycles. The van der Waals surface area contributed by atoms with Crippen molar-refractivity contribution in [2.45, 2.75) is 50.0 Å². The number of benzene rings is 1. The number of carbonyl (C=O) groups excluding carboxylic acids is 1. The van der Waals surface area contributed by atoms with Crippen LogP contribution in [0.3, 0.4) is 0 Å². The SMILES string of the molecule is O=C(COC1CCCCC1)N1CCC(CO)(c2ccccc2)C1. The molecule has 1 aromatic carbocycles. The van der Waals surface area contributed by atoms with E-state index in [1.54, 1.807) is 0 Å². The fourth-order valence-electron chi connectivity index (χ4n) is 3.85. The number of ether oxygens (including phenoxy) is 1. The fourth-order valence-corrected chi connectivity index (χ4v) is 3.85. The van der Waals surface area contributed by atoms with Crippen molar-refractivity contribution in [2.24, 2.45) is 0 Å². The van der Waals surface area contributed by atoms with E-state index in [1.807, 2.05) is 35.2 Å². The zero-order chi connectivity index (χ0) is 16.1. The van der Waals surface area contributed by atoms with Crippen LogP contribution in [0, 0.1) is 0 Å². The summed E-state index contributed by atoms with van der Waals surface area (Å²) in [6.45, 7) is 1.54. The molecule has 1 aliphatic heterocycles. The largest absolute Gasteiger partial charge is 0.395 e. The van der Waals surface area contributed by atoms with Crippen molar-refractivity contribution in [3.05, 3.63) is 35.9 Å². The van der Waals surface area contributed by atoms with Crippen LogP contribution in [0.4, 0.5) is 0 Å².